The van der Waals surface area contributed by atoms with Crippen molar-refractivity contribution >= 4 is 68.3 Å². The summed E-state index contributed by atoms with van der Waals surface area (Å²) >= 11 is 6.43. The number of benzene rings is 1. The number of hydrogen-bond acceptors (Lipinski definition) is 4. The van der Waals surface area contributed by atoms with Crippen LogP contribution in [0.1, 0.15) is 4.88 Å². The maximum atomic E-state index is 11.9. The molecule has 7 heteroatoms. The molecule has 0 atom stereocenters. The van der Waals surface area contributed by atoms with Crippen LogP contribution in [0.15, 0.2) is 45.1 Å². The van der Waals surface area contributed by atoms with Gasteiger partial charge in [-0.3, -0.25) is 9.59 Å². The van der Waals surface area contributed by atoms with Gasteiger partial charge in [0.2, 0.25) is 11.8 Å². The largest absolute Gasteiger partial charge is 0.324 e. The normalized spacial score (nSPS) is 13.8. The van der Waals surface area contributed by atoms with Gasteiger partial charge in [-0.2, -0.15) is 0 Å². The van der Waals surface area contributed by atoms with Crippen LogP contribution in [0.4, 0.5) is 11.4 Å². The zero-order valence-corrected chi connectivity index (χ0v) is 14.5. The van der Waals surface area contributed by atoms with E-state index in [1.807, 2.05) is 24.3 Å². The highest BCUT2D eigenvalue weighted by atomic mass is 79.9. The second-order valence-electron chi connectivity index (χ2n) is 4.51. The average molecular weight is 395 g/mol. The van der Waals surface area contributed by atoms with Gasteiger partial charge in [0.15, 0.2) is 0 Å². The molecule has 0 radical (unpaired) electrons. The Kier molecular flexibility index (Phi) is 4.66. The number of carbonyl (C=O) groups excluding carboxylic acids is 2. The van der Waals surface area contributed by atoms with Crippen molar-refractivity contribution in [1.82, 2.24) is 0 Å². The van der Waals surface area contributed by atoms with E-state index in [9.17, 15) is 9.59 Å². The van der Waals surface area contributed by atoms with E-state index in [1.165, 1.54) is 17.8 Å². The Bertz CT molecular complexity index is 771. The van der Waals surface area contributed by atoms with Crippen LogP contribution in [0.3, 0.4) is 0 Å². The zero-order chi connectivity index (χ0) is 15.5. The first-order valence-corrected chi connectivity index (χ1v) is 9.01. The number of halogens is 1. The molecule has 2 aromatic rings. The molecule has 1 aromatic carbocycles. The van der Waals surface area contributed by atoms with Crippen molar-refractivity contribution in [3.63, 3.8) is 0 Å². The highest BCUT2D eigenvalue weighted by molar-refractivity contribution is 9.11. The van der Waals surface area contributed by atoms with Crippen LogP contribution in [-0.4, -0.2) is 17.6 Å². The standard InChI is InChI=1S/C15H11BrN2O2S2/c16-13-5-2-10(22-13)3-6-14(19)17-9-1-4-12-11(7-9)18-15(20)8-21-12/h1-7H,8H2,(H,17,19)(H,18,20)/b6-3+. The van der Waals surface area contributed by atoms with Gasteiger partial charge in [0.1, 0.15) is 0 Å². The van der Waals surface area contributed by atoms with E-state index >= 15 is 0 Å². The van der Waals surface area contributed by atoms with E-state index in [4.69, 9.17) is 0 Å². The van der Waals surface area contributed by atoms with Crippen LogP contribution < -0.4 is 10.6 Å². The molecule has 3 rings (SSSR count). The van der Waals surface area contributed by atoms with E-state index in [2.05, 4.69) is 26.6 Å². The van der Waals surface area contributed by atoms with Gasteiger partial charge >= 0.3 is 0 Å². The molecule has 0 saturated carbocycles. The molecule has 0 spiro atoms. The topological polar surface area (TPSA) is 58.2 Å². The highest BCUT2D eigenvalue weighted by Gasteiger charge is 2.15. The molecule has 4 nitrogen and oxygen atoms in total. The molecule has 22 heavy (non-hydrogen) atoms. The molecule has 2 heterocycles. The Morgan fingerprint density at radius 3 is 2.95 bits per heavy atom. The molecule has 0 aliphatic carbocycles. The maximum Gasteiger partial charge on any atom is 0.248 e. The quantitative estimate of drug-likeness (QED) is 0.766. The Balaban J connectivity index is 1.68. The third-order valence-electron chi connectivity index (χ3n) is 2.87. The number of hydrogen-bond donors (Lipinski definition) is 2. The third kappa shape index (κ3) is 3.79. The van der Waals surface area contributed by atoms with Crippen molar-refractivity contribution in [1.29, 1.82) is 0 Å². The summed E-state index contributed by atoms with van der Waals surface area (Å²) in [5, 5.41) is 5.59. The van der Waals surface area contributed by atoms with Gasteiger partial charge in [-0.05, 0) is 52.3 Å². The van der Waals surface area contributed by atoms with E-state index in [0.29, 0.717) is 11.4 Å². The fraction of sp³-hybridized carbons (Fsp3) is 0.0667. The predicted octanol–water partition coefficient (Wildman–Crippen LogP) is 4.21. The van der Waals surface area contributed by atoms with Crippen LogP contribution in [0.2, 0.25) is 0 Å². The molecule has 0 fully saturated rings. The Morgan fingerprint density at radius 1 is 1.32 bits per heavy atom. The van der Waals surface area contributed by atoms with Crippen molar-refractivity contribution < 1.29 is 9.59 Å². The van der Waals surface area contributed by atoms with Crippen LogP contribution in [0, 0.1) is 0 Å². The van der Waals surface area contributed by atoms with Crippen molar-refractivity contribution in [3.8, 4) is 0 Å². The minimum atomic E-state index is -0.209. The number of amides is 2. The highest BCUT2D eigenvalue weighted by Crippen LogP contribution is 2.33. The van der Waals surface area contributed by atoms with Crippen molar-refractivity contribution in [2.45, 2.75) is 4.90 Å². The van der Waals surface area contributed by atoms with Gasteiger partial charge in [-0.1, -0.05) is 0 Å². The van der Waals surface area contributed by atoms with Crippen molar-refractivity contribution in [2.24, 2.45) is 0 Å². The molecule has 0 saturated heterocycles. The Labute approximate surface area is 144 Å². The van der Waals surface area contributed by atoms with Crippen molar-refractivity contribution in [2.75, 3.05) is 16.4 Å². The summed E-state index contributed by atoms with van der Waals surface area (Å²) in [7, 11) is 0. The van der Waals surface area contributed by atoms with Crippen LogP contribution in [-0.2, 0) is 9.59 Å². The number of thiophene rings is 1. The number of anilines is 2. The van der Waals surface area contributed by atoms with Crippen LogP contribution in [0.5, 0.6) is 0 Å². The molecular weight excluding hydrogens is 384 g/mol. The summed E-state index contributed by atoms with van der Waals surface area (Å²) in [5.41, 5.74) is 1.40. The lowest BCUT2D eigenvalue weighted by Gasteiger charge is -2.17. The molecule has 0 bridgehead atoms. The monoisotopic (exact) mass is 394 g/mol. The predicted molar refractivity (Wildman–Crippen MR) is 95.5 cm³/mol. The molecule has 112 valence electrons. The van der Waals surface area contributed by atoms with Gasteiger partial charge < -0.3 is 10.6 Å². The smallest absolute Gasteiger partial charge is 0.248 e. The van der Waals surface area contributed by atoms with Gasteiger partial charge in [0, 0.05) is 21.5 Å². The van der Waals surface area contributed by atoms with E-state index < -0.39 is 0 Å². The lowest BCUT2D eigenvalue weighted by atomic mass is 10.2. The molecule has 1 aliphatic rings. The summed E-state index contributed by atoms with van der Waals surface area (Å²) < 4.78 is 1.02. The lowest BCUT2D eigenvalue weighted by Crippen LogP contribution is -2.19. The Hall–Kier alpha value is -1.57. The van der Waals surface area contributed by atoms with E-state index in [0.717, 1.165) is 19.2 Å². The van der Waals surface area contributed by atoms with Gasteiger partial charge in [-0.15, -0.1) is 23.1 Å². The first kappa shape index (κ1) is 15.3. The minimum absolute atomic E-state index is 0.0239. The van der Waals surface area contributed by atoms with E-state index in [1.54, 1.807) is 23.5 Å². The van der Waals surface area contributed by atoms with Crippen molar-refractivity contribution in [3.05, 3.63) is 45.1 Å². The summed E-state index contributed by atoms with van der Waals surface area (Å²) in [6.07, 6.45) is 3.26. The average Bonchev–Trinajstić information content (AvgIpc) is 2.90. The van der Waals surface area contributed by atoms with Crippen LogP contribution >= 0.6 is 39.0 Å². The second-order valence-corrected chi connectivity index (χ2v) is 8.02. The summed E-state index contributed by atoms with van der Waals surface area (Å²) in [4.78, 5) is 25.3. The summed E-state index contributed by atoms with van der Waals surface area (Å²) in [6, 6.07) is 9.37. The SMILES string of the molecule is O=C(/C=C/c1ccc(Br)s1)Nc1ccc2c(c1)NC(=O)CS2. The summed E-state index contributed by atoms with van der Waals surface area (Å²) in [5.74, 6) is 0.195. The lowest BCUT2D eigenvalue weighted by molar-refractivity contribution is -0.114. The second kappa shape index (κ2) is 6.68. The number of fused-ring (bicyclic) bond motifs is 1. The number of carbonyl (C=O) groups is 2. The Morgan fingerprint density at radius 2 is 2.18 bits per heavy atom. The number of rotatable bonds is 3. The fourth-order valence-electron chi connectivity index (χ4n) is 1.92. The molecule has 0 unspecified atom stereocenters. The molecular formula is C15H11BrN2O2S2. The van der Waals surface area contributed by atoms with Crippen LogP contribution in [0.25, 0.3) is 6.08 Å². The minimum Gasteiger partial charge on any atom is -0.324 e. The molecule has 2 amide bonds. The molecule has 1 aliphatic heterocycles. The summed E-state index contributed by atoms with van der Waals surface area (Å²) in [6.45, 7) is 0. The fourth-order valence-corrected chi connectivity index (χ4v) is 4.04. The number of nitrogens with one attached hydrogen (secondary N) is 2. The van der Waals surface area contributed by atoms with Gasteiger partial charge in [-0.25, -0.2) is 0 Å². The third-order valence-corrected chi connectivity index (χ3v) is 5.54. The van der Waals surface area contributed by atoms with Gasteiger partial charge in [0.25, 0.3) is 0 Å². The van der Waals surface area contributed by atoms with Gasteiger partial charge in [0.05, 0.1) is 15.2 Å². The molecule has 2 N–H and O–H groups in total. The molecule has 1 aromatic heterocycles. The number of thioether (sulfide) groups is 1. The first-order valence-electron chi connectivity index (χ1n) is 6.41. The van der Waals surface area contributed by atoms with E-state index in [-0.39, 0.29) is 11.8 Å². The first-order chi connectivity index (χ1) is 10.6. The maximum absolute atomic E-state index is 11.9. The zero-order valence-electron chi connectivity index (χ0n) is 11.3.